The first-order valence-corrected chi connectivity index (χ1v) is 4.95. The molecule has 2 N–H and O–H groups in total. The monoisotopic (exact) mass is 184 g/mol. The van der Waals surface area contributed by atoms with Gasteiger partial charge in [-0.25, -0.2) is 5.90 Å². The van der Waals surface area contributed by atoms with Crippen LogP contribution in [0.5, 0.6) is 0 Å². The van der Waals surface area contributed by atoms with E-state index in [2.05, 4.69) is 0 Å². The van der Waals surface area contributed by atoms with Gasteiger partial charge in [0.15, 0.2) is 0 Å². The Balaban J connectivity index is 1.84. The molecule has 2 aliphatic rings. The van der Waals surface area contributed by atoms with Crippen molar-refractivity contribution in [2.24, 2.45) is 11.8 Å². The highest BCUT2D eigenvalue weighted by atomic mass is 16.6. The van der Waals surface area contributed by atoms with E-state index in [9.17, 15) is 4.79 Å². The lowest BCUT2D eigenvalue weighted by Crippen LogP contribution is -2.38. The summed E-state index contributed by atoms with van der Waals surface area (Å²) < 4.78 is 0. The molecule has 0 bridgehead atoms. The number of amides is 1. The molecule has 1 atom stereocenters. The molecule has 0 radical (unpaired) electrons. The van der Waals surface area contributed by atoms with Crippen LogP contribution in [-0.4, -0.2) is 30.0 Å². The van der Waals surface area contributed by atoms with E-state index in [-0.39, 0.29) is 6.10 Å². The fourth-order valence-electron chi connectivity index (χ4n) is 1.95. The van der Waals surface area contributed by atoms with Crippen LogP contribution in [0, 0.1) is 5.92 Å². The van der Waals surface area contributed by atoms with Crippen LogP contribution in [0.25, 0.3) is 0 Å². The van der Waals surface area contributed by atoms with Gasteiger partial charge in [0.1, 0.15) is 0 Å². The third kappa shape index (κ3) is 1.69. The number of hydrogen-bond donors (Lipinski definition) is 1. The van der Waals surface area contributed by atoms with Crippen molar-refractivity contribution in [3.63, 3.8) is 0 Å². The van der Waals surface area contributed by atoms with Gasteiger partial charge in [-0.1, -0.05) is 6.42 Å². The fourth-order valence-corrected chi connectivity index (χ4v) is 1.95. The molecular weight excluding hydrogens is 168 g/mol. The minimum atomic E-state index is 0.0593. The average Bonchev–Trinajstić information content (AvgIpc) is 2.48. The highest BCUT2D eigenvalue weighted by Crippen LogP contribution is 2.29. The summed E-state index contributed by atoms with van der Waals surface area (Å²) in [4.78, 5) is 18.3. The number of likely N-dealkylation sites (tertiary alicyclic amines) is 1. The van der Waals surface area contributed by atoms with Crippen LogP contribution in [0.2, 0.25) is 0 Å². The SMILES string of the molecule is NOC1CCN(C(=O)C2CCC2)C1. The van der Waals surface area contributed by atoms with Crippen molar-refractivity contribution < 1.29 is 9.63 Å². The zero-order chi connectivity index (χ0) is 9.26. The van der Waals surface area contributed by atoms with Gasteiger partial charge >= 0.3 is 0 Å². The Hall–Kier alpha value is -0.610. The van der Waals surface area contributed by atoms with Gasteiger partial charge in [-0.2, -0.15) is 0 Å². The second kappa shape index (κ2) is 3.64. The van der Waals surface area contributed by atoms with Crippen molar-refractivity contribution in [2.45, 2.75) is 31.8 Å². The lowest BCUT2D eigenvalue weighted by Gasteiger charge is -2.28. The summed E-state index contributed by atoms with van der Waals surface area (Å²) in [7, 11) is 0. The molecule has 0 aromatic carbocycles. The highest BCUT2D eigenvalue weighted by molar-refractivity contribution is 5.79. The van der Waals surface area contributed by atoms with E-state index < -0.39 is 0 Å². The van der Waals surface area contributed by atoms with Crippen molar-refractivity contribution in [2.75, 3.05) is 13.1 Å². The molecular formula is C9H16N2O2. The lowest BCUT2D eigenvalue weighted by atomic mass is 9.84. The Morgan fingerprint density at radius 2 is 2.15 bits per heavy atom. The van der Waals surface area contributed by atoms with Crippen molar-refractivity contribution >= 4 is 5.91 Å². The Morgan fingerprint density at radius 3 is 2.62 bits per heavy atom. The Bertz CT molecular complexity index is 204. The van der Waals surface area contributed by atoms with Gasteiger partial charge in [-0.15, -0.1) is 0 Å². The molecule has 0 aromatic rings. The summed E-state index contributed by atoms with van der Waals surface area (Å²) in [5, 5.41) is 0. The molecule has 74 valence electrons. The molecule has 1 aliphatic heterocycles. The van der Waals surface area contributed by atoms with Gasteiger partial charge in [0.2, 0.25) is 5.91 Å². The molecule has 4 nitrogen and oxygen atoms in total. The first-order chi connectivity index (χ1) is 6.31. The zero-order valence-electron chi connectivity index (χ0n) is 7.74. The van der Waals surface area contributed by atoms with Gasteiger partial charge in [0.05, 0.1) is 6.10 Å². The van der Waals surface area contributed by atoms with E-state index in [4.69, 9.17) is 10.7 Å². The number of nitrogens with zero attached hydrogens (tertiary/aromatic N) is 1. The summed E-state index contributed by atoms with van der Waals surface area (Å²) in [5.74, 6) is 5.69. The predicted octanol–water partition coefficient (Wildman–Crippen LogP) is 0.278. The summed E-state index contributed by atoms with van der Waals surface area (Å²) in [6.07, 6.45) is 4.30. The van der Waals surface area contributed by atoms with Crippen LogP contribution in [-0.2, 0) is 9.63 Å². The maximum atomic E-state index is 11.7. The third-order valence-electron chi connectivity index (χ3n) is 3.10. The smallest absolute Gasteiger partial charge is 0.225 e. The van der Waals surface area contributed by atoms with Crippen molar-refractivity contribution in [1.29, 1.82) is 0 Å². The minimum Gasteiger partial charge on any atom is -0.340 e. The van der Waals surface area contributed by atoms with Crippen LogP contribution in [0.4, 0.5) is 0 Å². The molecule has 1 saturated heterocycles. The number of rotatable bonds is 2. The summed E-state index contributed by atoms with van der Waals surface area (Å²) in [6, 6.07) is 0. The molecule has 1 amide bonds. The quantitative estimate of drug-likeness (QED) is 0.627. The Kier molecular flexibility index (Phi) is 2.51. The number of carbonyl (C=O) groups excluding carboxylic acids is 1. The normalized spacial score (nSPS) is 29.0. The highest BCUT2D eigenvalue weighted by Gasteiger charge is 2.33. The molecule has 1 aliphatic carbocycles. The Morgan fingerprint density at radius 1 is 1.38 bits per heavy atom. The molecule has 1 heterocycles. The van der Waals surface area contributed by atoms with Gasteiger partial charge in [-0.3, -0.25) is 9.63 Å². The molecule has 2 fully saturated rings. The van der Waals surface area contributed by atoms with Gasteiger partial charge in [-0.05, 0) is 19.3 Å². The van der Waals surface area contributed by atoms with Crippen LogP contribution in [0.1, 0.15) is 25.7 Å². The van der Waals surface area contributed by atoms with E-state index in [1.807, 2.05) is 4.90 Å². The number of nitrogens with two attached hydrogens (primary N) is 1. The van der Waals surface area contributed by atoms with E-state index in [1.165, 1.54) is 6.42 Å². The molecule has 0 aromatic heterocycles. The molecule has 0 spiro atoms. The van der Waals surface area contributed by atoms with Crippen LogP contribution < -0.4 is 5.90 Å². The van der Waals surface area contributed by atoms with Crippen molar-refractivity contribution in [1.82, 2.24) is 4.90 Å². The maximum absolute atomic E-state index is 11.7. The van der Waals surface area contributed by atoms with Gasteiger partial charge in [0, 0.05) is 19.0 Å². The van der Waals surface area contributed by atoms with E-state index in [1.54, 1.807) is 0 Å². The maximum Gasteiger partial charge on any atom is 0.225 e. The van der Waals surface area contributed by atoms with Gasteiger partial charge < -0.3 is 4.90 Å². The molecule has 1 unspecified atom stereocenters. The minimum absolute atomic E-state index is 0.0593. The third-order valence-corrected chi connectivity index (χ3v) is 3.10. The number of carbonyl (C=O) groups is 1. The Labute approximate surface area is 78.0 Å². The van der Waals surface area contributed by atoms with Crippen LogP contribution >= 0.6 is 0 Å². The summed E-state index contributed by atoms with van der Waals surface area (Å²) in [5.41, 5.74) is 0. The molecule has 2 rings (SSSR count). The lowest BCUT2D eigenvalue weighted by molar-refractivity contribution is -0.137. The van der Waals surface area contributed by atoms with Crippen LogP contribution in [0.15, 0.2) is 0 Å². The van der Waals surface area contributed by atoms with Gasteiger partial charge in [0.25, 0.3) is 0 Å². The van der Waals surface area contributed by atoms with Crippen LogP contribution in [0.3, 0.4) is 0 Å². The number of hydrogen-bond acceptors (Lipinski definition) is 3. The first kappa shape index (κ1) is 8.97. The second-order valence-corrected chi connectivity index (χ2v) is 3.96. The van der Waals surface area contributed by atoms with E-state index in [0.29, 0.717) is 18.4 Å². The molecule has 13 heavy (non-hydrogen) atoms. The average molecular weight is 184 g/mol. The standard InChI is InChI=1S/C9H16N2O2/c10-13-8-4-5-11(6-8)9(12)7-2-1-3-7/h7-8H,1-6,10H2. The molecule has 4 heteroatoms. The predicted molar refractivity (Wildman–Crippen MR) is 47.6 cm³/mol. The summed E-state index contributed by atoms with van der Waals surface area (Å²) >= 11 is 0. The van der Waals surface area contributed by atoms with E-state index in [0.717, 1.165) is 25.8 Å². The molecule has 1 saturated carbocycles. The first-order valence-electron chi connectivity index (χ1n) is 4.95. The van der Waals surface area contributed by atoms with E-state index >= 15 is 0 Å². The largest absolute Gasteiger partial charge is 0.340 e. The summed E-state index contributed by atoms with van der Waals surface area (Å²) in [6.45, 7) is 1.50. The fraction of sp³-hybridized carbons (Fsp3) is 0.889. The van der Waals surface area contributed by atoms with Crippen molar-refractivity contribution in [3.05, 3.63) is 0 Å². The zero-order valence-corrected chi connectivity index (χ0v) is 7.74. The van der Waals surface area contributed by atoms with Crippen molar-refractivity contribution in [3.8, 4) is 0 Å². The topological polar surface area (TPSA) is 55.6 Å². The second-order valence-electron chi connectivity index (χ2n) is 3.96.